The lowest BCUT2D eigenvalue weighted by Gasteiger charge is -2.49. The highest BCUT2D eigenvalue weighted by Gasteiger charge is 2.54. The van der Waals surface area contributed by atoms with E-state index in [1.165, 1.54) is 16.7 Å². The number of rotatable bonds is 9. The van der Waals surface area contributed by atoms with Gasteiger partial charge in [-0.1, -0.05) is 81.1 Å². The zero-order valence-electron chi connectivity index (χ0n) is 18.0. The molecule has 14 heteroatoms. The van der Waals surface area contributed by atoms with Gasteiger partial charge in [-0.15, -0.1) is 11.8 Å². The third-order valence-electron chi connectivity index (χ3n) is 5.04. The fraction of sp³-hybridized carbons (Fsp3) is 0.429. The van der Waals surface area contributed by atoms with Crippen LogP contribution in [0.3, 0.4) is 0 Å². The van der Waals surface area contributed by atoms with Crippen LogP contribution in [0, 0.1) is 0 Å². The maximum atomic E-state index is 13.0. The van der Waals surface area contributed by atoms with E-state index in [0.29, 0.717) is 16.5 Å². The SMILES string of the molecule is N[C@@H](C(=O)N[C@@H]1C(=O)N2C(C(=O)OCCBr)=C(CC(=O)OCC(Cl)(Cl)Cl)CS[C@H]12)c1ccccc1. The number of esters is 2. The van der Waals surface area contributed by atoms with Crippen LogP contribution in [-0.2, 0) is 28.7 Å². The standard InChI is InChI=1S/C21H21BrCl3N3O6S/c22-6-7-33-20(32)16-12(8-13(29)34-10-21(23,24)25)9-35-19-15(18(31)28(16)19)27-17(30)14(26)11-4-2-1-3-5-11/h1-5,14-15,19H,6-10,26H2,(H,27,30)/t14-,15-,19-/m1/s1. The first kappa shape index (κ1) is 28.1. The molecule has 0 aliphatic carbocycles. The van der Waals surface area contributed by atoms with Crippen molar-refractivity contribution in [3.63, 3.8) is 0 Å². The number of halogens is 4. The van der Waals surface area contributed by atoms with Gasteiger partial charge in [-0.3, -0.25) is 19.3 Å². The summed E-state index contributed by atoms with van der Waals surface area (Å²) in [5, 5.41) is 2.48. The molecular weight excluding hydrogens is 609 g/mol. The highest BCUT2D eigenvalue weighted by Crippen LogP contribution is 2.42. The lowest BCUT2D eigenvalue weighted by Crippen LogP contribution is -2.71. The monoisotopic (exact) mass is 627 g/mol. The second-order valence-electron chi connectivity index (χ2n) is 7.51. The van der Waals surface area contributed by atoms with Crippen LogP contribution in [0.4, 0.5) is 0 Å². The molecule has 0 unspecified atom stereocenters. The van der Waals surface area contributed by atoms with E-state index in [9.17, 15) is 19.2 Å². The fourth-order valence-corrected chi connectivity index (χ4v) is 5.12. The Morgan fingerprint density at radius 3 is 2.54 bits per heavy atom. The first-order valence-corrected chi connectivity index (χ1v) is 13.6. The minimum Gasteiger partial charge on any atom is -0.461 e. The van der Waals surface area contributed by atoms with Gasteiger partial charge in [0.2, 0.25) is 9.70 Å². The number of benzene rings is 1. The van der Waals surface area contributed by atoms with Gasteiger partial charge in [0.1, 0.15) is 36.4 Å². The summed E-state index contributed by atoms with van der Waals surface area (Å²) < 4.78 is 8.37. The van der Waals surface area contributed by atoms with Crippen molar-refractivity contribution in [1.29, 1.82) is 0 Å². The van der Waals surface area contributed by atoms with Crippen LogP contribution in [0.25, 0.3) is 0 Å². The summed E-state index contributed by atoms with van der Waals surface area (Å²) in [6.07, 6.45) is -0.307. The normalized spacial score (nSPS) is 20.5. The Bertz CT molecular complexity index is 1020. The van der Waals surface area contributed by atoms with Crippen LogP contribution >= 0.6 is 62.5 Å². The van der Waals surface area contributed by atoms with Crippen LogP contribution in [0.5, 0.6) is 0 Å². The Hall–Kier alpha value is -1.50. The van der Waals surface area contributed by atoms with Gasteiger partial charge < -0.3 is 20.5 Å². The minimum atomic E-state index is -1.78. The molecule has 0 aromatic heterocycles. The molecule has 0 radical (unpaired) electrons. The van der Waals surface area contributed by atoms with Crippen molar-refractivity contribution >= 4 is 86.2 Å². The van der Waals surface area contributed by atoms with Crippen LogP contribution < -0.4 is 11.1 Å². The van der Waals surface area contributed by atoms with Gasteiger partial charge in [0.05, 0.1) is 6.42 Å². The number of amides is 2. The number of nitrogens with zero attached hydrogens (tertiary/aromatic N) is 1. The number of nitrogens with one attached hydrogen (secondary N) is 1. The first-order valence-electron chi connectivity index (χ1n) is 10.3. The number of carbonyl (C=O) groups excluding carboxylic acids is 4. The smallest absolute Gasteiger partial charge is 0.355 e. The molecule has 2 aliphatic rings. The Morgan fingerprint density at radius 1 is 1.23 bits per heavy atom. The second kappa shape index (κ2) is 12.2. The molecule has 1 aromatic carbocycles. The van der Waals surface area contributed by atoms with Crippen molar-refractivity contribution in [3.8, 4) is 0 Å². The molecular formula is C21H21BrCl3N3O6S. The summed E-state index contributed by atoms with van der Waals surface area (Å²) in [5.74, 6) is -2.33. The second-order valence-corrected chi connectivity index (χ2v) is 11.9. The highest BCUT2D eigenvalue weighted by atomic mass is 79.9. The summed E-state index contributed by atoms with van der Waals surface area (Å²) >= 11 is 21.3. The number of ether oxygens (including phenoxy) is 2. The van der Waals surface area contributed by atoms with E-state index in [1.807, 2.05) is 0 Å². The highest BCUT2D eigenvalue weighted by molar-refractivity contribution is 9.09. The van der Waals surface area contributed by atoms with Crippen molar-refractivity contribution in [2.45, 2.75) is 27.7 Å². The Balaban J connectivity index is 1.75. The maximum Gasteiger partial charge on any atom is 0.355 e. The molecule has 3 atom stereocenters. The number of hydrogen-bond acceptors (Lipinski definition) is 8. The van der Waals surface area contributed by atoms with Crippen LogP contribution in [0.1, 0.15) is 18.0 Å². The molecule has 1 aromatic rings. The Morgan fingerprint density at radius 2 is 1.91 bits per heavy atom. The van der Waals surface area contributed by atoms with E-state index in [4.69, 9.17) is 50.0 Å². The molecule has 3 N–H and O–H groups in total. The van der Waals surface area contributed by atoms with Crippen molar-refractivity contribution < 1.29 is 28.7 Å². The van der Waals surface area contributed by atoms with Crippen molar-refractivity contribution in [3.05, 3.63) is 47.2 Å². The van der Waals surface area contributed by atoms with Gasteiger partial charge in [0.25, 0.3) is 5.91 Å². The van der Waals surface area contributed by atoms with Crippen molar-refractivity contribution in [2.24, 2.45) is 5.73 Å². The molecule has 2 heterocycles. The van der Waals surface area contributed by atoms with E-state index in [0.717, 1.165) is 0 Å². The van der Waals surface area contributed by atoms with Crippen LogP contribution in [0.15, 0.2) is 41.6 Å². The molecule has 0 saturated carbocycles. The number of carbonyl (C=O) groups is 4. The molecule has 190 valence electrons. The lowest BCUT2D eigenvalue weighted by atomic mass is 10.00. The van der Waals surface area contributed by atoms with Crippen LogP contribution in [0.2, 0.25) is 0 Å². The fourth-order valence-electron chi connectivity index (χ4n) is 3.45. The Kier molecular flexibility index (Phi) is 9.75. The number of thioether (sulfide) groups is 1. The summed E-state index contributed by atoms with van der Waals surface area (Å²) in [7, 11) is 0. The molecule has 0 bridgehead atoms. The molecule has 1 fully saturated rings. The predicted octanol–water partition coefficient (Wildman–Crippen LogP) is 2.58. The van der Waals surface area contributed by atoms with Gasteiger partial charge in [-0.2, -0.15) is 0 Å². The molecule has 35 heavy (non-hydrogen) atoms. The molecule has 2 amide bonds. The number of β-lactam (4-membered cyclic amide) rings is 1. The van der Waals surface area contributed by atoms with Gasteiger partial charge in [-0.05, 0) is 11.1 Å². The van der Waals surface area contributed by atoms with Crippen molar-refractivity contribution in [1.82, 2.24) is 10.2 Å². The lowest BCUT2D eigenvalue weighted by molar-refractivity contribution is -0.153. The number of nitrogens with two attached hydrogens (primary N) is 1. The van der Waals surface area contributed by atoms with Gasteiger partial charge >= 0.3 is 11.9 Å². The van der Waals surface area contributed by atoms with E-state index >= 15 is 0 Å². The third-order valence-corrected chi connectivity index (χ3v) is 7.04. The molecule has 0 spiro atoms. The summed E-state index contributed by atoms with van der Waals surface area (Å²) in [4.78, 5) is 52.0. The quantitative estimate of drug-likeness (QED) is 0.243. The van der Waals surface area contributed by atoms with E-state index in [-0.39, 0.29) is 24.5 Å². The number of fused-ring (bicyclic) bond motifs is 1. The zero-order chi connectivity index (χ0) is 25.8. The topological polar surface area (TPSA) is 128 Å². The molecule has 1 saturated heterocycles. The summed E-state index contributed by atoms with van der Waals surface area (Å²) in [6.45, 7) is -0.416. The molecule has 3 rings (SSSR count). The average Bonchev–Trinajstić information content (AvgIpc) is 2.83. The third kappa shape index (κ3) is 7.05. The first-order chi connectivity index (χ1) is 16.5. The van der Waals surface area contributed by atoms with Gasteiger partial charge in [0.15, 0.2) is 0 Å². The summed E-state index contributed by atoms with van der Waals surface area (Å²) in [5.41, 5.74) is 6.91. The maximum absolute atomic E-state index is 13.0. The van der Waals surface area contributed by atoms with E-state index in [2.05, 4.69) is 21.2 Å². The van der Waals surface area contributed by atoms with Gasteiger partial charge in [0, 0.05) is 11.1 Å². The Labute approximate surface area is 229 Å². The van der Waals surface area contributed by atoms with Crippen molar-refractivity contribution in [2.75, 3.05) is 24.3 Å². The van der Waals surface area contributed by atoms with Crippen LogP contribution in [-0.4, -0.2) is 68.2 Å². The molecule has 9 nitrogen and oxygen atoms in total. The van der Waals surface area contributed by atoms with Gasteiger partial charge in [-0.25, -0.2) is 4.79 Å². The zero-order valence-corrected chi connectivity index (χ0v) is 22.7. The summed E-state index contributed by atoms with van der Waals surface area (Å²) in [6, 6.07) is 6.88. The minimum absolute atomic E-state index is 0.0524. The molecule has 2 aliphatic heterocycles. The van der Waals surface area contributed by atoms with E-state index in [1.54, 1.807) is 30.3 Å². The average molecular weight is 630 g/mol. The number of alkyl halides is 4. The predicted molar refractivity (Wildman–Crippen MR) is 136 cm³/mol. The largest absolute Gasteiger partial charge is 0.461 e. The number of hydrogen-bond donors (Lipinski definition) is 2. The van der Waals surface area contributed by atoms with E-state index < -0.39 is 51.6 Å².